The molecule has 112 valence electrons. The van der Waals surface area contributed by atoms with Gasteiger partial charge in [0.1, 0.15) is 0 Å². The third-order valence-electron chi connectivity index (χ3n) is 4.02. The molecular weight excluding hydrogens is 294 g/mol. The Labute approximate surface area is 122 Å². The number of amides is 1. The Bertz CT molecular complexity index is 712. The molecule has 1 amide bonds. The molecule has 0 radical (unpaired) electrons. The normalized spacial score (nSPS) is 26.7. The predicted molar refractivity (Wildman–Crippen MR) is 75.8 cm³/mol. The maximum Gasteiger partial charge on any atom is 0.337 e. The molecule has 1 aromatic carbocycles. The Morgan fingerprint density at radius 3 is 2.81 bits per heavy atom. The first-order valence-corrected chi connectivity index (χ1v) is 8.44. The van der Waals surface area contributed by atoms with Crippen molar-refractivity contribution in [1.82, 2.24) is 0 Å². The molecule has 3 rings (SSSR count). The summed E-state index contributed by atoms with van der Waals surface area (Å²) in [5, 5.41) is 0. The lowest BCUT2D eigenvalue weighted by molar-refractivity contribution is -0.117. The minimum Gasteiger partial charge on any atom is -0.465 e. The van der Waals surface area contributed by atoms with Crippen LogP contribution < -0.4 is 4.90 Å². The van der Waals surface area contributed by atoms with Crippen LogP contribution in [0.25, 0.3) is 0 Å². The van der Waals surface area contributed by atoms with Crippen molar-refractivity contribution in [3.63, 3.8) is 0 Å². The third-order valence-corrected chi connectivity index (χ3v) is 5.80. The number of sulfone groups is 1. The molecule has 0 aliphatic carbocycles. The van der Waals surface area contributed by atoms with Crippen LogP contribution in [0.1, 0.15) is 16.8 Å². The van der Waals surface area contributed by atoms with Crippen LogP contribution in [0.4, 0.5) is 5.69 Å². The van der Waals surface area contributed by atoms with E-state index in [0.717, 1.165) is 0 Å². The Morgan fingerprint density at radius 1 is 1.33 bits per heavy atom. The van der Waals surface area contributed by atoms with Gasteiger partial charge in [-0.1, -0.05) is 6.07 Å². The quantitative estimate of drug-likeness (QED) is 0.748. The van der Waals surface area contributed by atoms with Crippen LogP contribution >= 0.6 is 0 Å². The minimum atomic E-state index is -3.09. The number of carbonyl (C=O) groups is 2. The van der Waals surface area contributed by atoms with E-state index in [0.29, 0.717) is 11.3 Å². The average Bonchev–Trinajstić information content (AvgIpc) is 2.87. The molecular formula is C14H15NO5S. The second kappa shape index (κ2) is 4.84. The number of anilines is 1. The highest BCUT2D eigenvalue weighted by molar-refractivity contribution is 7.91. The monoisotopic (exact) mass is 309 g/mol. The zero-order chi connectivity index (χ0) is 15.2. The number of methoxy groups -OCH3 is 1. The van der Waals surface area contributed by atoms with Gasteiger partial charge in [0.15, 0.2) is 9.84 Å². The smallest absolute Gasteiger partial charge is 0.337 e. The van der Waals surface area contributed by atoms with Gasteiger partial charge in [-0.2, -0.15) is 0 Å². The van der Waals surface area contributed by atoms with Gasteiger partial charge in [-0.25, -0.2) is 13.2 Å². The van der Waals surface area contributed by atoms with Gasteiger partial charge in [-0.05, 0) is 18.2 Å². The van der Waals surface area contributed by atoms with Gasteiger partial charge in [-0.3, -0.25) is 4.79 Å². The molecule has 0 bridgehead atoms. The number of benzene rings is 1. The largest absolute Gasteiger partial charge is 0.465 e. The number of nitrogens with zero attached hydrogens (tertiary/aromatic N) is 1. The molecule has 2 heterocycles. The number of carbonyl (C=O) groups excluding carboxylic acids is 2. The van der Waals surface area contributed by atoms with Crippen LogP contribution in [-0.4, -0.2) is 45.0 Å². The Morgan fingerprint density at radius 2 is 2.10 bits per heavy atom. The molecule has 7 heteroatoms. The molecule has 2 aliphatic heterocycles. The number of hydrogen-bond acceptors (Lipinski definition) is 5. The Balaban J connectivity index is 1.96. The summed E-state index contributed by atoms with van der Waals surface area (Å²) in [5.41, 5.74) is 0.889. The Kier molecular flexibility index (Phi) is 3.24. The lowest BCUT2D eigenvalue weighted by Gasteiger charge is -2.23. The van der Waals surface area contributed by atoms with Gasteiger partial charge < -0.3 is 9.64 Å². The van der Waals surface area contributed by atoms with Gasteiger partial charge in [-0.15, -0.1) is 0 Å². The molecule has 0 N–H and O–H groups in total. The standard InChI is InChI=1S/C14H15NO5S/c1-20-14(17)9-3-2-4-11(5-9)15-12-8-21(18,19)7-10(12)6-13(15)16/h2-5,10,12H,6-8H2,1H3/t10-,12+/m0/s1. The van der Waals surface area contributed by atoms with Crippen molar-refractivity contribution in [3.8, 4) is 0 Å². The minimum absolute atomic E-state index is 0.00808. The number of fused-ring (bicyclic) bond motifs is 1. The summed E-state index contributed by atoms with van der Waals surface area (Å²) in [6.07, 6.45) is 0.242. The lowest BCUT2D eigenvalue weighted by Crippen LogP contribution is -2.36. The maximum absolute atomic E-state index is 12.2. The highest BCUT2D eigenvalue weighted by Gasteiger charge is 2.49. The van der Waals surface area contributed by atoms with E-state index >= 15 is 0 Å². The second-order valence-corrected chi connectivity index (χ2v) is 7.57. The molecule has 2 saturated heterocycles. The van der Waals surface area contributed by atoms with Gasteiger partial charge >= 0.3 is 5.97 Å². The highest BCUT2D eigenvalue weighted by Crippen LogP contribution is 2.37. The summed E-state index contributed by atoms with van der Waals surface area (Å²) in [7, 11) is -1.80. The maximum atomic E-state index is 12.2. The summed E-state index contributed by atoms with van der Waals surface area (Å²) in [6, 6.07) is 6.20. The van der Waals surface area contributed by atoms with Crippen LogP contribution in [-0.2, 0) is 19.4 Å². The van der Waals surface area contributed by atoms with Crippen molar-refractivity contribution < 1.29 is 22.7 Å². The second-order valence-electron chi connectivity index (χ2n) is 5.41. The predicted octanol–water partition coefficient (Wildman–Crippen LogP) is 0.623. The molecule has 2 aliphatic rings. The van der Waals surface area contributed by atoms with E-state index in [9.17, 15) is 18.0 Å². The van der Waals surface area contributed by atoms with Crippen LogP contribution in [0.3, 0.4) is 0 Å². The molecule has 2 fully saturated rings. The van der Waals surface area contributed by atoms with Crippen molar-refractivity contribution in [3.05, 3.63) is 29.8 Å². The number of ether oxygens (including phenoxy) is 1. The first-order chi connectivity index (χ1) is 9.91. The summed E-state index contributed by atoms with van der Waals surface area (Å²) in [5.74, 6) is -0.673. The van der Waals surface area contributed by atoms with Gasteiger partial charge in [0.25, 0.3) is 0 Å². The van der Waals surface area contributed by atoms with Crippen LogP contribution in [0.15, 0.2) is 24.3 Å². The Hall–Kier alpha value is -1.89. The molecule has 1 aromatic rings. The van der Waals surface area contributed by atoms with Gasteiger partial charge in [0, 0.05) is 18.0 Å². The van der Waals surface area contributed by atoms with E-state index in [2.05, 4.69) is 4.74 Å². The van der Waals surface area contributed by atoms with E-state index in [-0.39, 0.29) is 35.8 Å². The summed E-state index contributed by atoms with van der Waals surface area (Å²) < 4.78 is 28.1. The molecule has 2 atom stereocenters. The van der Waals surface area contributed by atoms with E-state index in [1.807, 2.05) is 0 Å². The zero-order valence-electron chi connectivity index (χ0n) is 11.5. The zero-order valence-corrected chi connectivity index (χ0v) is 12.3. The number of rotatable bonds is 2. The van der Waals surface area contributed by atoms with Gasteiger partial charge in [0.05, 0.1) is 30.2 Å². The van der Waals surface area contributed by atoms with Crippen molar-refractivity contribution >= 4 is 27.4 Å². The fraction of sp³-hybridized carbons (Fsp3) is 0.429. The van der Waals surface area contributed by atoms with E-state index in [1.54, 1.807) is 24.3 Å². The molecule has 0 spiro atoms. The number of esters is 1. The van der Waals surface area contributed by atoms with Crippen LogP contribution in [0.2, 0.25) is 0 Å². The summed E-state index contributed by atoms with van der Waals surface area (Å²) >= 11 is 0. The molecule has 0 saturated carbocycles. The third kappa shape index (κ3) is 2.42. The van der Waals surface area contributed by atoms with Crippen molar-refractivity contribution in [2.45, 2.75) is 12.5 Å². The van der Waals surface area contributed by atoms with Gasteiger partial charge in [0.2, 0.25) is 5.91 Å². The summed E-state index contributed by atoms with van der Waals surface area (Å²) in [4.78, 5) is 25.3. The molecule has 0 aromatic heterocycles. The van der Waals surface area contributed by atoms with Crippen LogP contribution in [0, 0.1) is 5.92 Å². The van der Waals surface area contributed by atoms with E-state index < -0.39 is 15.8 Å². The van der Waals surface area contributed by atoms with E-state index in [4.69, 9.17) is 0 Å². The molecule has 0 unspecified atom stereocenters. The van der Waals surface area contributed by atoms with Crippen molar-refractivity contribution in [2.24, 2.45) is 5.92 Å². The van der Waals surface area contributed by atoms with Crippen molar-refractivity contribution in [1.29, 1.82) is 0 Å². The lowest BCUT2D eigenvalue weighted by atomic mass is 10.0. The average molecular weight is 309 g/mol. The van der Waals surface area contributed by atoms with Crippen molar-refractivity contribution in [2.75, 3.05) is 23.5 Å². The SMILES string of the molecule is COC(=O)c1cccc(N2C(=O)C[C@H]3CS(=O)(=O)C[C@H]32)c1. The number of hydrogen-bond donors (Lipinski definition) is 0. The van der Waals surface area contributed by atoms with Crippen LogP contribution in [0.5, 0.6) is 0 Å². The topological polar surface area (TPSA) is 80.8 Å². The van der Waals surface area contributed by atoms with E-state index in [1.165, 1.54) is 12.0 Å². The highest BCUT2D eigenvalue weighted by atomic mass is 32.2. The summed E-state index contributed by atoms with van der Waals surface area (Å²) in [6.45, 7) is 0. The molecule has 21 heavy (non-hydrogen) atoms. The molecule has 6 nitrogen and oxygen atoms in total. The fourth-order valence-electron chi connectivity index (χ4n) is 3.13. The fourth-order valence-corrected chi connectivity index (χ4v) is 5.20. The first kappa shape index (κ1) is 14.1. The first-order valence-electron chi connectivity index (χ1n) is 6.62.